The van der Waals surface area contributed by atoms with Crippen LogP contribution in [0.5, 0.6) is 0 Å². The van der Waals surface area contributed by atoms with E-state index in [0.717, 1.165) is 19.5 Å². The minimum absolute atomic E-state index is 0.179. The lowest BCUT2D eigenvalue weighted by Gasteiger charge is -2.36. The van der Waals surface area contributed by atoms with E-state index < -0.39 is 0 Å². The molecule has 20 heavy (non-hydrogen) atoms. The molecular formula is C18H25NO. The second-order valence-corrected chi connectivity index (χ2v) is 6.99. The van der Waals surface area contributed by atoms with Crippen LogP contribution in [0.25, 0.3) is 0 Å². The number of benzene rings is 1. The van der Waals surface area contributed by atoms with Crippen LogP contribution >= 0.6 is 0 Å². The Labute approximate surface area is 122 Å². The first kappa shape index (κ1) is 13.8. The van der Waals surface area contributed by atoms with Crippen molar-refractivity contribution in [2.45, 2.75) is 39.0 Å². The smallest absolute Gasteiger partial charge is 0.142 e. The summed E-state index contributed by atoms with van der Waals surface area (Å²) in [5.74, 6) is 1.72. The van der Waals surface area contributed by atoms with Crippen molar-refractivity contribution in [3.8, 4) is 0 Å². The quantitative estimate of drug-likeness (QED) is 0.909. The zero-order valence-electron chi connectivity index (χ0n) is 12.6. The van der Waals surface area contributed by atoms with E-state index >= 15 is 0 Å². The van der Waals surface area contributed by atoms with Gasteiger partial charge >= 0.3 is 0 Å². The highest BCUT2D eigenvalue weighted by Gasteiger charge is 2.50. The highest BCUT2D eigenvalue weighted by Crippen LogP contribution is 2.52. The standard InChI is InChI=1S/C18H25NO/c1-18(2,14-9-6-10-19-12-14)17(20)16-11-15(16)13-7-4-3-5-8-13/h3-5,7-8,14-16,19H,6,9-12H2,1-2H3. The van der Waals surface area contributed by atoms with E-state index in [2.05, 4.69) is 43.4 Å². The van der Waals surface area contributed by atoms with E-state index in [1.165, 1.54) is 18.4 Å². The molecule has 1 heterocycles. The normalized spacial score (nSPS) is 30.0. The maximum Gasteiger partial charge on any atom is 0.142 e. The molecule has 2 fully saturated rings. The van der Waals surface area contributed by atoms with Crippen LogP contribution in [-0.4, -0.2) is 18.9 Å². The second-order valence-electron chi connectivity index (χ2n) is 6.99. The van der Waals surface area contributed by atoms with Crippen LogP contribution in [0, 0.1) is 17.3 Å². The lowest BCUT2D eigenvalue weighted by atomic mass is 9.70. The lowest BCUT2D eigenvalue weighted by Crippen LogP contribution is -2.43. The highest BCUT2D eigenvalue weighted by molar-refractivity contribution is 5.90. The van der Waals surface area contributed by atoms with E-state index in [1.54, 1.807) is 0 Å². The lowest BCUT2D eigenvalue weighted by molar-refractivity contribution is -0.131. The molecule has 3 unspecified atom stereocenters. The maximum absolute atomic E-state index is 12.9. The van der Waals surface area contributed by atoms with Crippen LogP contribution in [0.4, 0.5) is 0 Å². The summed E-state index contributed by atoms with van der Waals surface area (Å²) < 4.78 is 0. The number of rotatable bonds is 4. The molecule has 3 atom stereocenters. The van der Waals surface area contributed by atoms with Crippen LogP contribution in [0.3, 0.4) is 0 Å². The van der Waals surface area contributed by atoms with Crippen molar-refractivity contribution in [1.29, 1.82) is 0 Å². The molecule has 3 rings (SSSR count). The van der Waals surface area contributed by atoms with Crippen molar-refractivity contribution < 1.29 is 4.79 Å². The predicted octanol–water partition coefficient (Wildman–Crippen LogP) is 3.39. The van der Waals surface area contributed by atoms with Gasteiger partial charge in [0, 0.05) is 11.3 Å². The third-order valence-electron chi connectivity index (χ3n) is 5.31. The van der Waals surface area contributed by atoms with Gasteiger partial charge in [-0.3, -0.25) is 4.79 Å². The van der Waals surface area contributed by atoms with Gasteiger partial charge in [-0.25, -0.2) is 0 Å². The summed E-state index contributed by atoms with van der Waals surface area (Å²) in [7, 11) is 0. The third kappa shape index (κ3) is 2.54. The van der Waals surface area contributed by atoms with Gasteiger partial charge in [-0.1, -0.05) is 44.2 Å². The SMILES string of the molecule is CC(C)(C(=O)C1CC1c1ccccc1)C1CCCNC1. The van der Waals surface area contributed by atoms with E-state index in [-0.39, 0.29) is 11.3 Å². The van der Waals surface area contributed by atoms with Gasteiger partial charge in [0.05, 0.1) is 0 Å². The Morgan fingerprint density at radius 1 is 1.25 bits per heavy atom. The van der Waals surface area contributed by atoms with Crippen molar-refractivity contribution in [2.24, 2.45) is 17.3 Å². The molecule has 1 aliphatic carbocycles. The van der Waals surface area contributed by atoms with Crippen molar-refractivity contribution >= 4 is 5.78 Å². The molecular weight excluding hydrogens is 246 g/mol. The molecule has 108 valence electrons. The van der Waals surface area contributed by atoms with Gasteiger partial charge in [-0.2, -0.15) is 0 Å². The molecule has 0 amide bonds. The van der Waals surface area contributed by atoms with Crippen molar-refractivity contribution in [3.63, 3.8) is 0 Å². The van der Waals surface area contributed by atoms with Crippen LogP contribution < -0.4 is 5.32 Å². The fourth-order valence-electron chi connectivity index (χ4n) is 3.70. The van der Waals surface area contributed by atoms with E-state index in [0.29, 0.717) is 17.6 Å². The Morgan fingerprint density at radius 3 is 2.65 bits per heavy atom. The number of carbonyl (C=O) groups excluding carboxylic acids is 1. The Kier molecular flexibility index (Phi) is 3.68. The molecule has 0 radical (unpaired) electrons. The van der Waals surface area contributed by atoms with E-state index in [1.807, 2.05) is 6.07 Å². The highest BCUT2D eigenvalue weighted by atomic mass is 16.1. The van der Waals surface area contributed by atoms with Crippen LogP contribution in [0.2, 0.25) is 0 Å². The number of ketones is 1. The topological polar surface area (TPSA) is 29.1 Å². The Hall–Kier alpha value is -1.15. The first-order valence-electron chi connectivity index (χ1n) is 7.90. The predicted molar refractivity (Wildman–Crippen MR) is 81.7 cm³/mol. The van der Waals surface area contributed by atoms with Gasteiger partial charge in [0.25, 0.3) is 0 Å². The zero-order valence-corrected chi connectivity index (χ0v) is 12.6. The van der Waals surface area contributed by atoms with Gasteiger partial charge in [-0.15, -0.1) is 0 Å². The molecule has 1 aliphatic heterocycles. The molecule has 1 N–H and O–H groups in total. The molecule has 1 aromatic carbocycles. The average molecular weight is 271 g/mol. The first-order valence-corrected chi connectivity index (χ1v) is 7.90. The molecule has 2 nitrogen and oxygen atoms in total. The van der Waals surface area contributed by atoms with Crippen LogP contribution in [-0.2, 0) is 4.79 Å². The van der Waals surface area contributed by atoms with Gasteiger partial charge < -0.3 is 5.32 Å². The van der Waals surface area contributed by atoms with Crippen molar-refractivity contribution in [2.75, 3.05) is 13.1 Å². The largest absolute Gasteiger partial charge is 0.316 e. The number of Topliss-reactive ketones (excluding diaryl/α,β-unsaturated/α-hetero) is 1. The minimum atomic E-state index is -0.179. The summed E-state index contributed by atoms with van der Waals surface area (Å²) in [5, 5.41) is 3.45. The molecule has 0 spiro atoms. The first-order chi connectivity index (χ1) is 9.60. The third-order valence-corrected chi connectivity index (χ3v) is 5.31. The zero-order chi connectivity index (χ0) is 14.2. The maximum atomic E-state index is 12.9. The van der Waals surface area contributed by atoms with Gasteiger partial charge in [0.2, 0.25) is 0 Å². The van der Waals surface area contributed by atoms with Crippen molar-refractivity contribution in [1.82, 2.24) is 5.32 Å². The molecule has 1 aromatic rings. The van der Waals surface area contributed by atoms with Gasteiger partial charge in [0.15, 0.2) is 0 Å². The average Bonchev–Trinajstić information content (AvgIpc) is 3.28. The van der Waals surface area contributed by atoms with Crippen molar-refractivity contribution in [3.05, 3.63) is 35.9 Å². The van der Waals surface area contributed by atoms with Gasteiger partial charge in [0.1, 0.15) is 5.78 Å². The van der Waals surface area contributed by atoms with Crippen LogP contribution in [0.1, 0.15) is 44.6 Å². The molecule has 0 aromatic heterocycles. The Balaban J connectivity index is 1.67. The number of nitrogens with one attached hydrogen (secondary N) is 1. The van der Waals surface area contributed by atoms with E-state index in [9.17, 15) is 4.79 Å². The Morgan fingerprint density at radius 2 is 2.00 bits per heavy atom. The molecule has 2 heteroatoms. The summed E-state index contributed by atoms with van der Waals surface area (Å²) >= 11 is 0. The molecule has 0 bridgehead atoms. The number of carbonyl (C=O) groups is 1. The number of hydrogen-bond donors (Lipinski definition) is 1. The molecule has 1 saturated heterocycles. The monoisotopic (exact) mass is 271 g/mol. The fraction of sp³-hybridized carbons (Fsp3) is 0.611. The van der Waals surface area contributed by atoms with Crippen LogP contribution in [0.15, 0.2) is 30.3 Å². The minimum Gasteiger partial charge on any atom is -0.316 e. The second kappa shape index (κ2) is 5.33. The summed E-state index contributed by atoms with van der Waals surface area (Å²) in [5.41, 5.74) is 1.16. The summed E-state index contributed by atoms with van der Waals surface area (Å²) in [6.07, 6.45) is 3.44. The molecule has 2 aliphatic rings. The Bertz CT molecular complexity index is 473. The number of piperidine rings is 1. The van der Waals surface area contributed by atoms with E-state index in [4.69, 9.17) is 0 Å². The van der Waals surface area contributed by atoms with Gasteiger partial charge in [-0.05, 0) is 49.8 Å². The fourth-order valence-corrected chi connectivity index (χ4v) is 3.70. The molecule has 1 saturated carbocycles. The number of hydrogen-bond acceptors (Lipinski definition) is 2. The summed E-state index contributed by atoms with van der Waals surface area (Å²) in [4.78, 5) is 12.9. The summed E-state index contributed by atoms with van der Waals surface area (Å²) in [6, 6.07) is 10.5. The summed E-state index contributed by atoms with van der Waals surface area (Å²) in [6.45, 7) is 6.43.